The van der Waals surface area contributed by atoms with Crippen LogP contribution in [-0.2, 0) is 11.2 Å². The first-order valence-electron chi connectivity index (χ1n) is 8.79. The Balaban J connectivity index is 1.61. The number of rotatable bonds is 5. The summed E-state index contributed by atoms with van der Waals surface area (Å²) < 4.78 is 7.36. The molecule has 0 fully saturated rings. The molecule has 0 bridgehead atoms. The van der Waals surface area contributed by atoms with Gasteiger partial charge in [0.25, 0.3) is 0 Å². The van der Waals surface area contributed by atoms with Crippen LogP contribution in [0.15, 0.2) is 73.1 Å². The van der Waals surface area contributed by atoms with E-state index in [0.29, 0.717) is 16.5 Å². The summed E-state index contributed by atoms with van der Waals surface area (Å²) in [5, 5.41) is 3.50. The molecule has 1 N–H and O–H groups in total. The van der Waals surface area contributed by atoms with E-state index < -0.39 is 0 Å². The normalized spacial score (nSPS) is 10.8. The Morgan fingerprint density at radius 3 is 2.75 bits per heavy atom. The summed E-state index contributed by atoms with van der Waals surface area (Å²) in [7, 11) is 1.57. The summed E-state index contributed by atoms with van der Waals surface area (Å²) in [4.78, 5) is 17.2. The van der Waals surface area contributed by atoms with Gasteiger partial charge < -0.3 is 14.5 Å². The average Bonchev–Trinajstić information content (AvgIpc) is 3.14. The molecular formula is C22H18ClN3O2. The summed E-state index contributed by atoms with van der Waals surface area (Å²) in [6.45, 7) is 0. The number of pyridine rings is 1. The van der Waals surface area contributed by atoms with Crippen molar-refractivity contribution in [3.63, 3.8) is 0 Å². The monoisotopic (exact) mass is 391 g/mol. The van der Waals surface area contributed by atoms with Gasteiger partial charge in [0.15, 0.2) is 0 Å². The van der Waals surface area contributed by atoms with Crippen molar-refractivity contribution in [2.24, 2.45) is 0 Å². The standard InChI is InChI=1S/C22H18ClN3O2/c1-28-20-10-9-16(19-14-26-11-5-4-8-21(26)24-19)12-18(20)25-22(27)13-15-6-2-3-7-17(15)23/h2-12,14H,13H2,1H3,(H,25,27). The van der Waals surface area contributed by atoms with Crippen molar-refractivity contribution in [1.29, 1.82) is 0 Å². The molecule has 0 saturated heterocycles. The van der Waals surface area contributed by atoms with E-state index in [1.165, 1.54) is 0 Å². The van der Waals surface area contributed by atoms with Gasteiger partial charge in [-0.1, -0.05) is 35.9 Å². The van der Waals surface area contributed by atoms with Gasteiger partial charge in [-0.05, 0) is 42.0 Å². The molecule has 1 amide bonds. The van der Waals surface area contributed by atoms with E-state index in [4.69, 9.17) is 16.3 Å². The largest absolute Gasteiger partial charge is 0.495 e. The predicted octanol–water partition coefficient (Wildman–Crippen LogP) is 4.84. The van der Waals surface area contributed by atoms with Crippen LogP contribution in [0.1, 0.15) is 5.56 Å². The Hall–Kier alpha value is -3.31. The zero-order valence-corrected chi connectivity index (χ0v) is 16.0. The van der Waals surface area contributed by atoms with Crippen molar-refractivity contribution in [3.8, 4) is 17.0 Å². The second kappa shape index (κ2) is 7.74. The third kappa shape index (κ3) is 3.70. The molecule has 2 aromatic carbocycles. The number of carbonyl (C=O) groups is 1. The lowest BCUT2D eigenvalue weighted by atomic mass is 10.1. The summed E-state index contributed by atoms with van der Waals surface area (Å²) in [6.07, 6.45) is 4.08. The number of halogens is 1. The Kier molecular flexibility index (Phi) is 5.00. The second-order valence-electron chi connectivity index (χ2n) is 6.32. The number of amides is 1. The summed E-state index contributed by atoms with van der Waals surface area (Å²) in [6, 6.07) is 18.8. The average molecular weight is 392 g/mol. The first kappa shape index (κ1) is 18.1. The molecule has 4 rings (SSSR count). The van der Waals surface area contributed by atoms with Gasteiger partial charge in [0, 0.05) is 23.0 Å². The molecule has 2 heterocycles. The van der Waals surface area contributed by atoms with Crippen LogP contribution in [0.3, 0.4) is 0 Å². The third-order valence-corrected chi connectivity index (χ3v) is 4.81. The maximum atomic E-state index is 12.5. The molecule has 140 valence electrons. The van der Waals surface area contributed by atoms with Crippen molar-refractivity contribution in [3.05, 3.63) is 83.6 Å². The van der Waals surface area contributed by atoms with Crippen LogP contribution in [0, 0.1) is 0 Å². The topological polar surface area (TPSA) is 55.6 Å². The Morgan fingerprint density at radius 1 is 1.14 bits per heavy atom. The molecule has 0 radical (unpaired) electrons. The van der Waals surface area contributed by atoms with Gasteiger partial charge in [-0.15, -0.1) is 0 Å². The fourth-order valence-electron chi connectivity index (χ4n) is 3.05. The highest BCUT2D eigenvalue weighted by atomic mass is 35.5. The predicted molar refractivity (Wildman–Crippen MR) is 111 cm³/mol. The van der Waals surface area contributed by atoms with Crippen LogP contribution in [0.25, 0.3) is 16.9 Å². The van der Waals surface area contributed by atoms with E-state index in [-0.39, 0.29) is 12.3 Å². The lowest BCUT2D eigenvalue weighted by molar-refractivity contribution is -0.115. The Labute approximate surface area is 167 Å². The van der Waals surface area contributed by atoms with E-state index in [2.05, 4.69) is 10.3 Å². The lowest BCUT2D eigenvalue weighted by Gasteiger charge is -2.12. The Morgan fingerprint density at radius 2 is 1.96 bits per heavy atom. The molecule has 4 aromatic rings. The molecule has 6 heteroatoms. The van der Waals surface area contributed by atoms with E-state index >= 15 is 0 Å². The van der Waals surface area contributed by atoms with Crippen molar-refractivity contribution in [1.82, 2.24) is 9.38 Å². The molecule has 0 aliphatic rings. The van der Waals surface area contributed by atoms with Crippen molar-refractivity contribution < 1.29 is 9.53 Å². The van der Waals surface area contributed by atoms with E-state index in [1.54, 1.807) is 13.2 Å². The van der Waals surface area contributed by atoms with Crippen LogP contribution < -0.4 is 10.1 Å². The quantitative estimate of drug-likeness (QED) is 0.529. The van der Waals surface area contributed by atoms with Gasteiger partial charge in [-0.3, -0.25) is 4.79 Å². The number of benzene rings is 2. The summed E-state index contributed by atoms with van der Waals surface area (Å²) in [5.41, 5.74) is 3.93. The highest BCUT2D eigenvalue weighted by Gasteiger charge is 2.13. The fraction of sp³-hybridized carbons (Fsp3) is 0.0909. The van der Waals surface area contributed by atoms with Gasteiger partial charge in [-0.25, -0.2) is 4.98 Å². The number of ether oxygens (including phenoxy) is 1. The molecule has 0 unspecified atom stereocenters. The molecule has 0 atom stereocenters. The number of nitrogens with one attached hydrogen (secondary N) is 1. The van der Waals surface area contributed by atoms with E-state index in [0.717, 1.165) is 22.5 Å². The van der Waals surface area contributed by atoms with Gasteiger partial charge in [0.2, 0.25) is 5.91 Å². The minimum atomic E-state index is -0.168. The van der Waals surface area contributed by atoms with Crippen LogP contribution in [-0.4, -0.2) is 22.4 Å². The van der Waals surface area contributed by atoms with Crippen molar-refractivity contribution in [2.45, 2.75) is 6.42 Å². The van der Waals surface area contributed by atoms with Crippen molar-refractivity contribution in [2.75, 3.05) is 12.4 Å². The van der Waals surface area contributed by atoms with Gasteiger partial charge in [0.1, 0.15) is 11.4 Å². The minimum absolute atomic E-state index is 0.168. The van der Waals surface area contributed by atoms with E-state index in [1.807, 2.05) is 71.4 Å². The molecule has 5 nitrogen and oxygen atoms in total. The maximum Gasteiger partial charge on any atom is 0.228 e. The number of anilines is 1. The van der Waals surface area contributed by atoms with Gasteiger partial charge >= 0.3 is 0 Å². The van der Waals surface area contributed by atoms with Gasteiger partial charge in [-0.2, -0.15) is 0 Å². The molecule has 2 aromatic heterocycles. The minimum Gasteiger partial charge on any atom is -0.495 e. The van der Waals surface area contributed by atoms with Crippen molar-refractivity contribution >= 4 is 28.8 Å². The van der Waals surface area contributed by atoms with Crippen LogP contribution in [0.5, 0.6) is 5.75 Å². The number of fused-ring (bicyclic) bond motifs is 1. The highest BCUT2D eigenvalue weighted by Crippen LogP contribution is 2.30. The van der Waals surface area contributed by atoms with Gasteiger partial charge in [0.05, 0.1) is 24.9 Å². The highest BCUT2D eigenvalue weighted by molar-refractivity contribution is 6.31. The fourth-order valence-corrected chi connectivity index (χ4v) is 3.25. The lowest BCUT2D eigenvalue weighted by Crippen LogP contribution is -2.15. The SMILES string of the molecule is COc1ccc(-c2cn3ccccc3n2)cc1NC(=O)Cc1ccccc1Cl. The Bertz CT molecular complexity index is 1120. The molecule has 28 heavy (non-hydrogen) atoms. The number of hydrogen-bond donors (Lipinski definition) is 1. The summed E-state index contributed by atoms with van der Waals surface area (Å²) in [5.74, 6) is 0.415. The van der Waals surface area contributed by atoms with Crippen LogP contribution >= 0.6 is 11.6 Å². The smallest absolute Gasteiger partial charge is 0.228 e. The molecule has 0 spiro atoms. The second-order valence-corrected chi connectivity index (χ2v) is 6.73. The number of aromatic nitrogens is 2. The number of carbonyl (C=O) groups excluding carboxylic acids is 1. The van der Waals surface area contributed by atoms with Crippen LogP contribution in [0.2, 0.25) is 5.02 Å². The number of methoxy groups -OCH3 is 1. The zero-order valence-electron chi connectivity index (χ0n) is 15.2. The first-order valence-corrected chi connectivity index (χ1v) is 9.17. The molecule has 0 aliphatic heterocycles. The number of hydrogen-bond acceptors (Lipinski definition) is 3. The molecular weight excluding hydrogens is 374 g/mol. The number of nitrogens with zero attached hydrogens (tertiary/aromatic N) is 2. The molecule has 0 aliphatic carbocycles. The number of imidazole rings is 1. The maximum absolute atomic E-state index is 12.5. The van der Waals surface area contributed by atoms with E-state index in [9.17, 15) is 4.79 Å². The first-order chi connectivity index (χ1) is 13.6. The zero-order chi connectivity index (χ0) is 19.5. The van der Waals surface area contributed by atoms with Crippen LogP contribution in [0.4, 0.5) is 5.69 Å². The molecule has 0 saturated carbocycles. The third-order valence-electron chi connectivity index (χ3n) is 4.44. The summed E-state index contributed by atoms with van der Waals surface area (Å²) >= 11 is 6.16.